The number of rotatable bonds is 4. The summed E-state index contributed by atoms with van der Waals surface area (Å²) in [7, 11) is 3.38. The van der Waals surface area contributed by atoms with Gasteiger partial charge < -0.3 is 24.3 Å². The predicted octanol–water partition coefficient (Wildman–Crippen LogP) is 2.37. The van der Waals surface area contributed by atoms with Crippen LogP contribution in [0.15, 0.2) is 20.1 Å². The molecule has 0 radical (unpaired) electrons. The SMILES string of the molecule is CN=C(NCc1nc(C)c(C)o1)N1CCN(c2ncc(Br)c(OC)n2)CC1.I. The Morgan fingerprint density at radius 3 is 2.57 bits per heavy atom. The lowest BCUT2D eigenvalue weighted by Crippen LogP contribution is -2.52. The summed E-state index contributed by atoms with van der Waals surface area (Å²) in [5.74, 6) is 3.55. The van der Waals surface area contributed by atoms with E-state index in [2.05, 4.69) is 51.0 Å². The first-order valence-electron chi connectivity index (χ1n) is 8.71. The molecular weight excluding hydrogens is 541 g/mol. The quantitative estimate of drug-likeness (QED) is 0.343. The van der Waals surface area contributed by atoms with E-state index >= 15 is 0 Å². The van der Waals surface area contributed by atoms with E-state index in [4.69, 9.17) is 9.15 Å². The number of anilines is 1. The molecule has 3 rings (SSSR count). The summed E-state index contributed by atoms with van der Waals surface area (Å²) in [5.41, 5.74) is 0.917. The fraction of sp³-hybridized carbons (Fsp3) is 0.529. The topological polar surface area (TPSA) is 91.9 Å². The van der Waals surface area contributed by atoms with Gasteiger partial charge in [0.15, 0.2) is 5.96 Å². The smallest absolute Gasteiger partial charge is 0.232 e. The highest BCUT2D eigenvalue weighted by Crippen LogP contribution is 2.23. The van der Waals surface area contributed by atoms with Gasteiger partial charge in [-0.3, -0.25) is 4.99 Å². The number of guanidine groups is 1. The van der Waals surface area contributed by atoms with Crippen molar-refractivity contribution in [1.29, 1.82) is 0 Å². The minimum Gasteiger partial charge on any atom is -0.480 e. The molecule has 1 fully saturated rings. The molecule has 2 aromatic heterocycles. The lowest BCUT2D eigenvalue weighted by Gasteiger charge is -2.36. The second-order valence-electron chi connectivity index (χ2n) is 6.15. The number of nitrogens with one attached hydrogen (secondary N) is 1. The van der Waals surface area contributed by atoms with Crippen LogP contribution >= 0.6 is 39.9 Å². The average Bonchev–Trinajstić information content (AvgIpc) is 3.01. The molecule has 154 valence electrons. The summed E-state index contributed by atoms with van der Waals surface area (Å²) >= 11 is 3.38. The summed E-state index contributed by atoms with van der Waals surface area (Å²) in [6.07, 6.45) is 1.72. The molecule has 0 atom stereocenters. The first kappa shape index (κ1) is 22.7. The fourth-order valence-electron chi connectivity index (χ4n) is 2.86. The van der Waals surface area contributed by atoms with Gasteiger partial charge in [-0.15, -0.1) is 24.0 Å². The Kier molecular flexibility index (Phi) is 8.28. The third-order valence-corrected chi connectivity index (χ3v) is 4.98. The predicted molar refractivity (Wildman–Crippen MR) is 122 cm³/mol. The van der Waals surface area contributed by atoms with Crippen molar-refractivity contribution >= 4 is 51.8 Å². The number of oxazole rings is 1. The highest BCUT2D eigenvalue weighted by molar-refractivity contribution is 14.0. The Hall–Kier alpha value is -1.63. The molecule has 1 N–H and O–H groups in total. The molecule has 1 saturated heterocycles. The molecule has 1 aliphatic rings. The molecule has 0 aromatic carbocycles. The van der Waals surface area contributed by atoms with E-state index in [0.29, 0.717) is 24.3 Å². The molecular formula is C17H25BrIN7O2. The summed E-state index contributed by atoms with van der Waals surface area (Å²) < 4.78 is 11.6. The van der Waals surface area contributed by atoms with Crippen molar-refractivity contribution < 1.29 is 9.15 Å². The van der Waals surface area contributed by atoms with Crippen LogP contribution < -0.4 is 15.0 Å². The maximum atomic E-state index is 5.62. The second kappa shape index (κ2) is 10.2. The van der Waals surface area contributed by atoms with Gasteiger partial charge in [-0.25, -0.2) is 9.97 Å². The number of aromatic nitrogens is 3. The van der Waals surface area contributed by atoms with Gasteiger partial charge in [-0.05, 0) is 29.8 Å². The van der Waals surface area contributed by atoms with Crippen molar-refractivity contribution in [3.8, 4) is 5.88 Å². The van der Waals surface area contributed by atoms with Gasteiger partial charge in [-0.1, -0.05) is 0 Å². The molecule has 0 aliphatic carbocycles. The van der Waals surface area contributed by atoms with E-state index in [9.17, 15) is 0 Å². The van der Waals surface area contributed by atoms with Crippen LogP contribution in [0.25, 0.3) is 0 Å². The zero-order valence-electron chi connectivity index (χ0n) is 16.4. The number of hydrogen-bond donors (Lipinski definition) is 1. The highest BCUT2D eigenvalue weighted by atomic mass is 127. The Balaban J connectivity index is 0.00000280. The van der Waals surface area contributed by atoms with Crippen LogP contribution in [0.2, 0.25) is 0 Å². The molecule has 0 amide bonds. The second-order valence-corrected chi connectivity index (χ2v) is 7.01. The molecule has 0 saturated carbocycles. The normalized spacial score (nSPS) is 14.7. The molecule has 1 aliphatic heterocycles. The van der Waals surface area contributed by atoms with Crippen molar-refractivity contribution in [3.05, 3.63) is 28.0 Å². The van der Waals surface area contributed by atoms with Gasteiger partial charge in [0, 0.05) is 33.2 Å². The van der Waals surface area contributed by atoms with E-state index in [1.165, 1.54) is 0 Å². The summed E-state index contributed by atoms with van der Waals surface area (Å²) in [6, 6.07) is 0. The number of aliphatic imine (C=N–C) groups is 1. The third kappa shape index (κ3) is 5.25. The number of nitrogens with zero attached hydrogens (tertiary/aromatic N) is 6. The number of aryl methyl sites for hydroxylation is 2. The van der Waals surface area contributed by atoms with Crippen molar-refractivity contribution in [2.45, 2.75) is 20.4 Å². The Morgan fingerprint density at radius 2 is 2.00 bits per heavy atom. The monoisotopic (exact) mass is 565 g/mol. The Labute approximate surface area is 190 Å². The van der Waals surface area contributed by atoms with Crippen LogP contribution in [0.5, 0.6) is 5.88 Å². The minimum absolute atomic E-state index is 0. The number of piperazine rings is 1. The van der Waals surface area contributed by atoms with Gasteiger partial charge in [0.05, 0.1) is 30.0 Å². The number of ether oxygens (including phenoxy) is 1. The molecule has 0 unspecified atom stereocenters. The maximum Gasteiger partial charge on any atom is 0.232 e. The number of hydrogen-bond acceptors (Lipinski definition) is 7. The van der Waals surface area contributed by atoms with E-state index < -0.39 is 0 Å². The fourth-order valence-corrected chi connectivity index (χ4v) is 3.21. The molecule has 2 aromatic rings. The van der Waals surface area contributed by atoms with Crippen molar-refractivity contribution in [2.75, 3.05) is 45.2 Å². The summed E-state index contributed by atoms with van der Waals surface area (Å²) in [4.78, 5) is 22.0. The van der Waals surface area contributed by atoms with Crippen LogP contribution in [0.4, 0.5) is 5.95 Å². The van der Waals surface area contributed by atoms with Crippen LogP contribution in [-0.2, 0) is 6.54 Å². The van der Waals surface area contributed by atoms with Crippen LogP contribution in [0.1, 0.15) is 17.3 Å². The van der Waals surface area contributed by atoms with Crippen molar-refractivity contribution in [3.63, 3.8) is 0 Å². The summed E-state index contributed by atoms with van der Waals surface area (Å²) in [6.45, 7) is 7.57. The molecule has 9 nitrogen and oxygen atoms in total. The third-order valence-electron chi connectivity index (χ3n) is 4.44. The lowest BCUT2D eigenvalue weighted by molar-refractivity contribution is 0.363. The molecule has 28 heavy (non-hydrogen) atoms. The van der Waals surface area contributed by atoms with E-state index in [1.54, 1.807) is 20.4 Å². The van der Waals surface area contributed by atoms with E-state index in [0.717, 1.165) is 48.1 Å². The van der Waals surface area contributed by atoms with Gasteiger partial charge in [0.25, 0.3) is 0 Å². The zero-order chi connectivity index (χ0) is 19.4. The first-order chi connectivity index (χ1) is 13.0. The molecule has 0 spiro atoms. The van der Waals surface area contributed by atoms with Crippen LogP contribution in [0.3, 0.4) is 0 Å². The average molecular weight is 566 g/mol. The lowest BCUT2D eigenvalue weighted by atomic mass is 10.3. The minimum atomic E-state index is 0. The van der Waals surface area contributed by atoms with Crippen molar-refractivity contribution in [2.24, 2.45) is 4.99 Å². The van der Waals surface area contributed by atoms with Crippen molar-refractivity contribution in [1.82, 2.24) is 25.2 Å². The Morgan fingerprint density at radius 1 is 1.29 bits per heavy atom. The standard InChI is InChI=1S/C17H24BrN7O2.HI/c1-11-12(2)27-14(22-11)10-21-16(19-3)24-5-7-25(8-6-24)17-20-9-13(18)15(23-17)26-4;/h9H,5-8,10H2,1-4H3,(H,19,21);1H. The zero-order valence-corrected chi connectivity index (χ0v) is 20.3. The largest absolute Gasteiger partial charge is 0.480 e. The van der Waals surface area contributed by atoms with E-state index in [-0.39, 0.29) is 24.0 Å². The Bertz CT molecular complexity index is 802. The van der Waals surface area contributed by atoms with Crippen LogP contribution in [0, 0.1) is 13.8 Å². The van der Waals surface area contributed by atoms with Gasteiger partial charge in [0.1, 0.15) is 5.76 Å². The maximum absolute atomic E-state index is 5.62. The highest BCUT2D eigenvalue weighted by Gasteiger charge is 2.22. The molecule has 3 heterocycles. The molecule has 11 heteroatoms. The number of halogens is 2. The van der Waals surface area contributed by atoms with Gasteiger partial charge in [0.2, 0.25) is 17.7 Å². The summed E-state index contributed by atoms with van der Waals surface area (Å²) in [5, 5.41) is 3.32. The van der Waals surface area contributed by atoms with Gasteiger partial charge in [-0.2, -0.15) is 4.98 Å². The first-order valence-corrected chi connectivity index (χ1v) is 9.51. The van der Waals surface area contributed by atoms with Gasteiger partial charge >= 0.3 is 0 Å². The van der Waals surface area contributed by atoms with Crippen LogP contribution in [-0.4, -0.2) is 66.1 Å². The van der Waals surface area contributed by atoms with E-state index in [1.807, 2.05) is 13.8 Å². The number of methoxy groups -OCH3 is 1. The molecule has 0 bridgehead atoms.